The van der Waals surface area contributed by atoms with Crippen LogP contribution in [-0.4, -0.2) is 37.4 Å². The molecule has 1 heterocycles. The van der Waals surface area contributed by atoms with Gasteiger partial charge in [-0.2, -0.15) is 5.10 Å². The van der Waals surface area contributed by atoms with Gasteiger partial charge in [-0.25, -0.2) is 18.2 Å². The van der Waals surface area contributed by atoms with Crippen LogP contribution in [-0.2, 0) is 14.8 Å². The molecule has 0 bridgehead atoms. The van der Waals surface area contributed by atoms with Crippen molar-refractivity contribution in [3.63, 3.8) is 0 Å². The fourth-order valence-electron chi connectivity index (χ4n) is 4.26. The first-order valence-electron chi connectivity index (χ1n) is 12.1. The van der Waals surface area contributed by atoms with Gasteiger partial charge in [-0.05, 0) is 87.5 Å². The van der Waals surface area contributed by atoms with E-state index in [4.69, 9.17) is 4.74 Å². The van der Waals surface area contributed by atoms with Gasteiger partial charge in [-0.15, -0.1) is 0 Å². The molecular formula is C29H29FN4O4S. The molecule has 0 aliphatic heterocycles. The van der Waals surface area contributed by atoms with Crippen LogP contribution in [0.2, 0.25) is 0 Å². The SMILES string of the molecule is Cc1cc(/C=N\NC(=O)[C@@H](C)N(c2ccc(Oc3ccccc3)cc2)S(C)(=O)=O)c(C)n1-c1ccc(F)cc1. The number of amides is 1. The molecule has 1 atom stereocenters. The minimum atomic E-state index is -3.80. The number of anilines is 1. The second-order valence-corrected chi connectivity index (χ2v) is 10.9. The molecule has 0 aliphatic rings. The summed E-state index contributed by atoms with van der Waals surface area (Å²) in [5.74, 6) is 0.251. The fraction of sp³-hybridized carbons (Fsp3) is 0.172. The number of halogens is 1. The quantitative estimate of drug-likeness (QED) is 0.226. The van der Waals surface area contributed by atoms with E-state index in [9.17, 15) is 17.6 Å². The number of nitrogens with zero attached hydrogens (tertiary/aromatic N) is 3. The second kappa shape index (κ2) is 11.5. The lowest BCUT2D eigenvalue weighted by molar-refractivity contribution is -0.121. The Morgan fingerprint density at radius 1 is 1.00 bits per heavy atom. The summed E-state index contributed by atoms with van der Waals surface area (Å²) in [6, 6.07) is 22.6. The summed E-state index contributed by atoms with van der Waals surface area (Å²) in [6.07, 6.45) is 2.53. The van der Waals surface area contributed by atoms with Crippen molar-refractivity contribution in [1.82, 2.24) is 9.99 Å². The number of rotatable bonds is 9. The maximum Gasteiger partial charge on any atom is 0.263 e. The van der Waals surface area contributed by atoms with Crippen LogP contribution in [0, 0.1) is 19.7 Å². The van der Waals surface area contributed by atoms with E-state index in [1.807, 2.05) is 54.8 Å². The zero-order valence-corrected chi connectivity index (χ0v) is 22.8. The van der Waals surface area contributed by atoms with E-state index in [0.717, 1.165) is 33.2 Å². The van der Waals surface area contributed by atoms with Gasteiger partial charge >= 0.3 is 0 Å². The first kappa shape index (κ1) is 27.6. The van der Waals surface area contributed by atoms with Crippen molar-refractivity contribution in [2.24, 2.45) is 5.10 Å². The van der Waals surface area contributed by atoms with Crippen molar-refractivity contribution in [2.75, 3.05) is 10.6 Å². The van der Waals surface area contributed by atoms with Crippen LogP contribution < -0.4 is 14.5 Å². The molecular weight excluding hydrogens is 519 g/mol. The van der Waals surface area contributed by atoms with Crippen molar-refractivity contribution < 1.29 is 22.3 Å². The maximum absolute atomic E-state index is 13.3. The lowest BCUT2D eigenvalue weighted by Gasteiger charge is -2.27. The highest BCUT2D eigenvalue weighted by Gasteiger charge is 2.29. The van der Waals surface area contributed by atoms with E-state index < -0.39 is 22.0 Å². The number of para-hydroxylation sites is 1. The second-order valence-electron chi connectivity index (χ2n) is 9.02. The van der Waals surface area contributed by atoms with Gasteiger partial charge in [0.05, 0.1) is 18.2 Å². The van der Waals surface area contributed by atoms with E-state index >= 15 is 0 Å². The molecule has 39 heavy (non-hydrogen) atoms. The highest BCUT2D eigenvalue weighted by molar-refractivity contribution is 7.92. The molecule has 4 aromatic rings. The van der Waals surface area contributed by atoms with Crippen LogP contribution in [0.5, 0.6) is 11.5 Å². The average molecular weight is 549 g/mol. The summed E-state index contributed by atoms with van der Waals surface area (Å²) in [7, 11) is -3.80. The van der Waals surface area contributed by atoms with Gasteiger partial charge in [-0.1, -0.05) is 18.2 Å². The third-order valence-electron chi connectivity index (χ3n) is 6.09. The molecule has 0 fully saturated rings. The molecule has 1 aromatic heterocycles. The predicted octanol–water partition coefficient (Wildman–Crippen LogP) is 5.33. The molecule has 10 heteroatoms. The summed E-state index contributed by atoms with van der Waals surface area (Å²) in [5, 5.41) is 4.07. The monoisotopic (exact) mass is 548 g/mol. The molecule has 3 aromatic carbocycles. The zero-order chi connectivity index (χ0) is 28.2. The summed E-state index contributed by atoms with van der Waals surface area (Å²) in [5.41, 5.74) is 6.05. The highest BCUT2D eigenvalue weighted by Crippen LogP contribution is 2.27. The Labute approximate surface area is 227 Å². The average Bonchev–Trinajstić information content (AvgIpc) is 3.18. The minimum absolute atomic E-state index is 0.312. The Morgan fingerprint density at radius 3 is 2.23 bits per heavy atom. The molecule has 4 rings (SSSR count). The third kappa shape index (κ3) is 6.53. The first-order valence-corrected chi connectivity index (χ1v) is 14.0. The van der Waals surface area contributed by atoms with Crippen LogP contribution in [0.3, 0.4) is 0 Å². The molecule has 8 nitrogen and oxygen atoms in total. The van der Waals surface area contributed by atoms with E-state index in [1.165, 1.54) is 25.3 Å². The number of aryl methyl sites for hydroxylation is 1. The van der Waals surface area contributed by atoms with Gasteiger partial charge in [0.1, 0.15) is 23.4 Å². The molecule has 202 valence electrons. The predicted molar refractivity (Wildman–Crippen MR) is 151 cm³/mol. The molecule has 0 unspecified atom stereocenters. The van der Waals surface area contributed by atoms with Crippen LogP contribution >= 0.6 is 0 Å². The number of sulfonamides is 1. The van der Waals surface area contributed by atoms with Gasteiger partial charge in [-0.3, -0.25) is 9.10 Å². The minimum Gasteiger partial charge on any atom is -0.457 e. The number of carbonyl (C=O) groups excluding carboxylic acids is 1. The number of nitrogens with one attached hydrogen (secondary N) is 1. The van der Waals surface area contributed by atoms with Crippen molar-refractivity contribution in [2.45, 2.75) is 26.8 Å². The molecule has 1 amide bonds. The van der Waals surface area contributed by atoms with Gasteiger partial charge < -0.3 is 9.30 Å². The standard InChI is InChI=1S/C29H29FN4O4S/c1-20-18-23(21(2)33(20)25-12-10-24(30)11-13-25)19-31-32-29(35)22(3)34(39(4,36)37)26-14-16-28(17-15-26)38-27-8-6-5-7-9-27/h5-19,22H,1-4H3,(H,32,35)/b31-19-/t22-/m1/s1. The molecule has 0 radical (unpaired) electrons. The summed E-state index contributed by atoms with van der Waals surface area (Å²) in [4.78, 5) is 12.9. The van der Waals surface area contributed by atoms with Gasteiger partial charge in [0.25, 0.3) is 5.91 Å². The first-order chi connectivity index (χ1) is 18.5. The fourth-order valence-corrected chi connectivity index (χ4v) is 5.43. The summed E-state index contributed by atoms with van der Waals surface area (Å²) >= 11 is 0. The van der Waals surface area contributed by atoms with Gasteiger partial charge in [0.15, 0.2) is 0 Å². The normalized spacial score (nSPS) is 12.3. The Bertz CT molecular complexity index is 1580. The lowest BCUT2D eigenvalue weighted by Crippen LogP contribution is -2.46. The maximum atomic E-state index is 13.3. The number of hydrazone groups is 1. The summed E-state index contributed by atoms with van der Waals surface area (Å²) in [6.45, 7) is 5.29. The molecule has 0 aliphatic carbocycles. The van der Waals surface area contributed by atoms with Crippen LogP contribution in [0.1, 0.15) is 23.9 Å². The smallest absolute Gasteiger partial charge is 0.263 e. The Hall–Kier alpha value is -4.44. The number of aromatic nitrogens is 1. The van der Waals surface area contributed by atoms with Gasteiger partial charge in [0, 0.05) is 22.6 Å². The van der Waals surface area contributed by atoms with E-state index in [0.29, 0.717) is 17.2 Å². The van der Waals surface area contributed by atoms with Crippen molar-refractivity contribution in [3.8, 4) is 17.2 Å². The van der Waals surface area contributed by atoms with Crippen LogP contribution in [0.4, 0.5) is 10.1 Å². The molecule has 1 N–H and O–H groups in total. The Balaban J connectivity index is 1.47. The number of hydrogen-bond acceptors (Lipinski definition) is 5. The van der Waals surface area contributed by atoms with Crippen LogP contribution in [0.15, 0.2) is 90.0 Å². The third-order valence-corrected chi connectivity index (χ3v) is 7.33. The molecule has 0 spiro atoms. The van der Waals surface area contributed by atoms with Crippen molar-refractivity contribution in [1.29, 1.82) is 0 Å². The van der Waals surface area contributed by atoms with Crippen LogP contribution in [0.25, 0.3) is 5.69 Å². The highest BCUT2D eigenvalue weighted by atomic mass is 32.2. The largest absolute Gasteiger partial charge is 0.457 e. The topological polar surface area (TPSA) is 93.0 Å². The number of carbonyl (C=O) groups is 1. The molecule has 0 saturated carbocycles. The van der Waals surface area contributed by atoms with Crippen molar-refractivity contribution in [3.05, 3.63) is 108 Å². The van der Waals surface area contributed by atoms with E-state index in [-0.39, 0.29) is 5.82 Å². The zero-order valence-electron chi connectivity index (χ0n) is 22.0. The van der Waals surface area contributed by atoms with Crippen molar-refractivity contribution >= 4 is 27.8 Å². The Morgan fingerprint density at radius 2 is 1.62 bits per heavy atom. The van der Waals surface area contributed by atoms with Gasteiger partial charge in [0.2, 0.25) is 10.0 Å². The number of benzene rings is 3. The Kier molecular flexibility index (Phi) is 8.15. The number of hydrogen-bond donors (Lipinski definition) is 1. The molecule has 0 saturated heterocycles. The summed E-state index contributed by atoms with van der Waals surface area (Å²) < 4.78 is 47.4. The van der Waals surface area contributed by atoms with E-state index in [2.05, 4.69) is 10.5 Å². The number of ether oxygens (including phenoxy) is 1. The lowest BCUT2D eigenvalue weighted by atomic mass is 10.2. The van der Waals surface area contributed by atoms with E-state index in [1.54, 1.807) is 36.4 Å².